The van der Waals surface area contributed by atoms with Gasteiger partial charge < -0.3 is 10.0 Å². The number of aryl methyl sites for hydroxylation is 2. The molecule has 1 saturated heterocycles. The van der Waals surface area contributed by atoms with Gasteiger partial charge in [-0.3, -0.25) is 9.59 Å². The Morgan fingerprint density at radius 2 is 1.62 bits per heavy atom. The van der Waals surface area contributed by atoms with E-state index >= 15 is 0 Å². The smallest absolute Gasteiger partial charge is 0.308 e. The van der Waals surface area contributed by atoms with Crippen molar-refractivity contribution in [3.8, 4) is 0 Å². The van der Waals surface area contributed by atoms with Gasteiger partial charge in [0.1, 0.15) is 0 Å². The van der Waals surface area contributed by atoms with Crippen LogP contribution in [0.5, 0.6) is 0 Å². The van der Waals surface area contributed by atoms with E-state index in [0.29, 0.717) is 12.1 Å². The van der Waals surface area contributed by atoms with Crippen LogP contribution in [0.3, 0.4) is 0 Å². The molecule has 1 aliphatic heterocycles. The summed E-state index contributed by atoms with van der Waals surface area (Å²) in [6.07, 6.45) is 0. The van der Waals surface area contributed by atoms with E-state index in [0.717, 1.165) is 16.7 Å². The zero-order valence-electron chi connectivity index (χ0n) is 13.9. The summed E-state index contributed by atoms with van der Waals surface area (Å²) >= 11 is 0. The molecule has 124 valence electrons. The summed E-state index contributed by atoms with van der Waals surface area (Å²) in [6.45, 7) is 4.61. The normalized spacial score (nSPS) is 20.2. The van der Waals surface area contributed by atoms with Crippen molar-refractivity contribution in [2.24, 2.45) is 5.92 Å². The van der Waals surface area contributed by atoms with E-state index < -0.39 is 11.9 Å². The second kappa shape index (κ2) is 6.48. The van der Waals surface area contributed by atoms with Gasteiger partial charge in [-0.15, -0.1) is 0 Å². The third-order valence-electron chi connectivity index (χ3n) is 4.62. The Morgan fingerprint density at radius 3 is 2.21 bits per heavy atom. The Morgan fingerprint density at radius 1 is 1.00 bits per heavy atom. The van der Waals surface area contributed by atoms with Crippen LogP contribution < -0.4 is 0 Å². The molecule has 0 spiro atoms. The lowest BCUT2D eigenvalue weighted by molar-refractivity contribution is -0.141. The van der Waals surface area contributed by atoms with Crippen LogP contribution in [0.1, 0.15) is 33.0 Å². The van der Waals surface area contributed by atoms with Gasteiger partial charge in [-0.1, -0.05) is 47.5 Å². The summed E-state index contributed by atoms with van der Waals surface area (Å²) in [5.74, 6) is -1.67. The van der Waals surface area contributed by atoms with Gasteiger partial charge in [0.15, 0.2) is 0 Å². The van der Waals surface area contributed by atoms with Crippen LogP contribution in [-0.2, 0) is 4.79 Å². The molecule has 0 aromatic heterocycles. The highest BCUT2D eigenvalue weighted by Gasteiger charge is 2.40. The van der Waals surface area contributed by atoms with Crippen molar-refractivity contribution in [2.75, 3.05) is 13.1 Å². The summed E-state index contributed by atoms with van der Waals surface area (Å²) in [6, 6.07) is 15.3. The van der Waals surface area contributed by atoms with E-state index in [2.05, 4.69) is 0 Å². The number of nitrogens with zero attached hydrogens (tertiary/aromatic N) is 1. The maximum absolute atomic E-state index is 12.8. The van der Waals surface area contributed by atoms with Gasteiger partial charge in [-0.2, -0.15) is 0 Å². The van der Waals surface area contributed by atoms with Gasteiger partial charge in [0, 0.05) is 24.6 Å². The van der Waals surface area contributed by atoms with Crippen LogP contribution in [0, 0.1) is 19.8 Å². The number of benzene rings is 2. The lowest BCUT2D eigenvalue weighted by Gasteiger charge is -2.17. The predicted octanol–water partition coefficient (Wildman–Crippen LogP) is 3.24. The van der Waals surface area contributed by atoms with E-state index in [4.69, 9.17) is 0 Å². The molecular formula is C20H21NO3. The van der Waals surface area contributed by atoms with Gasteiger partial charge in [0.05, 0.1) is 5.92 Å². The Labute approximate surface area is 141 Å². The van der Waals surface area contributed by atoms with E-state index in [1.165, 1.54) is 0 Å². The van der Waals surface area contributed by atoms with Crippen molar-refractivity contribution in [2.45, 2.75) is 19.8 Å². The molecule has 0 saturated carbocycles. The zero-order valence-corrected chi connectivity index (χ0v) is 13.9. The van der Waals surface area contributed by atoms with Crippen molar-refractivity contribution in [3.05, 3.63) is 70.8 Å². The molecule has 2 aromatic rings. The molecule has 0 bridgehead atoms. The van der Waals surface area contributed by atoms with Crippen molar-refractivity contribution in [1.29, 1.82) is 0 Å². The molecule has 4 heteroatoms. The molecule has 1 fully saturated rings. The van der Waals surface area contributed by atoms with Crippen LogP contribution in [-0.4, -0.2) is 35.0 Å². The number of likely N-dealkylation sites (tertiary alicyclic amines) is 1. The molecule has 0 aliphatic carbocycles. The molecule has 4 nitrogen and oxygen atoms in total. The van der Waals surface area contributed by atoms with E-state index in [1.807, 2.05) is 62.4 Å². The first kappa shape index (κ1) is 16.2. The first-order valence-electron chi connectivity index (χ1n) is 8.11. The lowest BCUT2D eigenvalue weighted by atomic mass is 9.89. The molecule has 1 aliphatic rings. The molecule has 1 amide bonds. The Hall–Kier alpha value is -2.62. The first-order valence-corrected chi connectivity index (χ1v) is 8.11. The van der Waals surface area contributed by atoms with Crippen LogP contribution in [0.2, 0.25) is 0 Å². The average molecular weight is 323 g/mol. The molecule has 1 N–H and O–H groups in total. The SMILES string of the molecule is Cc1cc(C)cc(C(=O)N2C[C@H](C(=O)O)[C@H](c3ccccc3)C2)c1. The van der Waals surface area contributed by atoms with Gasteiger partial charge in [-0.05, 0) is 31.5 Å². The van der Waals surface area contributed by atoms with Gasteiger partial charge in [-0.25, -0.2) is 0 Å². The number of aliphatic carboxylic acids is 1. The van der Waals surface area contributed by atoms with E-state index in [9.17, 15) is 14.7 Å². The van der Waals surface area contributed by atoms with Gasteiger partial charge in [0.2, 0.25) is 0 Å². The van der Waals surface area contributed by atoms with Crippen molar-refractivity contribution >= 4 is 11.9 Å². The van der Waals surface area contributed by atoms with Gasteiger partial charge >= 0.3 is 5.97 Å². The number of carbonyl (C=O) groups is 2. The second-order valence-electron chi connectivity index (χ2n) is 6.55. The molecule has 24 heavy (non-hydrogen) atoms. The fourth-order valence-electron chi connectivity index (χ4n) is 3.54. The third-order valence-corrected chi connectivity index (χ3v) is 4.62. The number of carbonyl (C=O) groups excluding carboxylic acids is 1. The highest BCUT2D eigenvalue weighted by molar-refractivity contribution is 5.95. The van der Waals surface area contributed by atoms with E-state index in [-0.39, 0.29) is 18.4 Å². The zero-order chi connectivity index (χ0) is 17.3. The largest absolute Gasteiger partial charge is 0.481 e. The van der Waals surface area contributed by atoms with Crippen LogP contribution in [0.4, 0.5) is 0 Å². The Kier molecular flexibility index (Phi) is 4.38. The number of carboxylic acid groups (broad SMARTS) is 1. The molecule has 2 atom stereocenters. The van der Waals surface area contributed by atoms with E-state index in [1.54, 1.807) is 4.90 Å². The second-order valence-corrected chi connectivity index (χ2v) is 6.55. The van der Waals surface area contributed by atoms with Crippen LogP contribution in [0.25, 0.3) is 0 Å². The van der Waals surface area contributed by atoms with Crippen LogP contribution >= 0.6 is 0 Å². The van der Waals surface area contributed by atoms with Crippen molar-refractivity contribution < 1.29 is 14.7 Å². The van der Waals surface area contributed by atoms with Gasteiger partial charge in [0.25, 0.3) is 5.91 Å². The molecule has 0 radical (unpaired) electrons. The standard InChI is InChI=1S/C20H21NO3/c1-13-8-14(2)10-16(9-13)19(22)21-11-17(18(12-21)20(23)24)15-6-4-3-5-7-15/h3-10,17-18H,11-12H2,1-2H3,(H,23,24)/t17-,18-/m0/s1. The summed E-state index contributed by atoms with van der Waals surface area (Å²) in [4.78, 5) is 26.2. The number of amides is 1. The molecular weight excluding hydrogens is 302 g/mol. The highest BCUT2D eigenvalue weighted by Crippen LogP contribution is 2.33. The average Bonchev–Trinajstić information content (AvgIpc) is 2.99. The first-order chi connectivity index (χ1) is 11.5. The van der Waals surface area contributed by atoms with Crippen LogP contribution in [0.15, 0.2) is 48.5 Å². The Bertz CT molecular complexity index is 749. The van der Waals surface area contributed by atoms with Crippen molar-refractivity contribution in [1.82, 2.24) is 4.90 Å². The Balaban J connectivity index is 1.87. The summed E-state index contributed by atoms with van der Waals surface area (Å²) < 4.78 is 0. The molecule has 0 unspecified atom stereocenters. The number of rotatable bonds is 3. The monoisotopic (exact) mass is 323 g/mol. The fourth-order valence-corrected chi connectivity index (χ4v) is 3.54. The maximum Gasteiger partial charge on any atom is 0.308 e. The lowest BCUT2D eigenvalue weighted by Crippen LogP contribution is -2.30. The topological polar surface area (TPSA) is 57.6 Å². The number of carboxylic acids is 1. The fraction of sp³-hybridized carbons (Fsp3) is 0.300. The minimum absolute atomic E-state index is 0.0912. The highest BCUT2D eigenvalue weighted by atomic mass is 16.4. The molecule has 1 heterocycles. The maximum atomic E-state index is 12.8. The quantitative estimate of drug-likeness (QED) is 0.943. The summed E-state index contributed by atoms with van der Waals surface area (Å²) in [7, 11) is 0. The molecule has 2 aromatic carbocycles. The summed E-state index contributed by atoms with van der Waals surface area (Å²) in [5, 5.41) is 9.57. The summed E-state index contributed by atoms with van der Waals surface area (Å²) in [5.41, 5.74) is 3.67. The number of hydrogen-bond acceptors (Lipinski definition) is 2. The van der Waals surface area contributed by atoms with Crippen molar-refractivity contribution in [3.63, 3.8) is 0 Å². The third kappa shape index (κ3) is 3.18. The number of hydrogen-bond donors (Lipinski definition) is 1. The minimum atomic E-state index is -0.848. The molecule has 3 rings (SSSR count). The predicted molar refractivity (Wildman–Crippen MR) is 92.1 cm³/mol. The minimum Gasteiger partial charge on any atom is -0.481 e.